The van der Waals surface area contributed by atoms with Crippen LogP contribution in [0.1, 0.15) is 25.7 Å². The molecule has 0 bridgehead atoms. The Morgan fingerprint density at radius 1 is 0.706 bits per heavy atom. The smallest absolute Gasteiger partial charge is 0.326 e. The van der Waals surface area contributed by atoms with Crippen LogP contribution < -0.4 is 9.47 Å². The highest BCUT2D eigenvalue weighted by molar-refractivity contribution is 5.85. The van der Waals surface area contributed by atoms with Crippen LogP contribution in [0.5, 0.6) is 11.5 Å². The molecule has 2 unspecified atom stereocenters. The van der Waals surface area contributed by atoms with Crippen LogP contribution in [0.15, 0.2) is 0 Å². The van der Waals surface area contributed by atoms with Crippen molar-refractivity contribution in [2.45, 2.75) is 37.8 Å². The van der Waals surface area contributed by atoms with Gasteiger partial charge in [0.15, 0.2) is 24.7 Å². The van der Waals surface area contributed by atoms with Gasteiger partial charge in [-0.05, 0) is 25.7 Å². The van der Waals surface area contributed by atoms with Crippen LogP contribution in [0.25, 0.3) is 0 Å². The summed E-state index contributed by atoms with van der Waals surface area (Å²) >= 11 is 0. The van der Waals surface area contributed by atoms with Crippen molar-refractivity contribution in [1.29, 1.82) is 0 Å². The Kier molecular flexibility index (Phi) is 7.47. The van der Waals surface area contributed by atoms with Crippen LogP contribution >= 0.6 is 0 Å². The second-order valence-corrected chi connectivity index (χ2v) is 7.66. The second kappa shape index (κ2) is 10.1. The van der Waals surface area contributed by atoms with Crippen LogP contribution in [-0.2, 0) is 19.2 Å². The van der Waals surface area contributed by atoms with E-state index in [0.29, 0.717) is 12.8 Å². The molecular weight excluding hydrogens is 472 g/mol. The molecule has 2 saturated heterocycles. The Morgan fingerprint density at radius 3 is 1.32 bits per heavy atom. The quantitative estimate of drug-likeness (QED) is 0.408. The number of ether oxygens (including phenoxy) is 2. The maximum atomic E-state index is 14.4. The first-order chi connectivity index (χ1) is 16.0. The molecule has 10 nitrogen and oxygen atoms in total. The summed E-state index contributed by atoms with van der Waals surface area (Å²) in [5.41, 5.74) is 0. The third kappa shape index (κ3) is 4.84. The molecule has 0 saturated carbocycles. The highest BCUT2D eigenvalue weighted by atomic mass is 19.2. The molecule has 0 spiro atoms. The number of carbonyl (C=O) groups excluding carboxylic acids is 2. The van der Waals surface area contributed by atoms with Crippen LogP contribution in [0.3, 0.4) is 0 Å². The van der Waals surface area contributed by atoms with E-state index in [9.17, 15) is 36.7 Å². The van der Waals surface area contributed by atoms with Crippen molar-refractivity contribution in [3.05, 3.63) is 23.3 Å². The summed E-state index contributed by atoms with van der Waals surface area (Å²) in [6, 6.07) is -2.30. The fraction of sp³-hybridized carbons (Fsp3) is 0.500. The zero-order chi connectivity index (χ0) is 25.2. The summed E-state index contributed by atoms with van der Waals surface area (Å²) in [5, 5.41) is 18.2. The molecule has 34 heavy (non-hydrogen) atoms. The van der Waals surface area contributed by atoms with E-state index in [-0.39, 0.29) is 25.9 Å². The molecule has 14 heteroatoms. The van der Waals surface area contributed by atoms with Gasteiger partial charge in [-0.25, -0.2) is 9.59 Å². The maximum Gasteiger partial charge on any atom is 0.326 e. The van der Waals surface area contributed by atoms with Crippen molar-refractivity contribution in [3.63, 3.8) is 0 Å². The first kappa shape index (κ1) is 25.1. The topological polar surface area (TPSA) is 134 Å². The molecule has 2 amide bonds. The summed E-state index contributed by atoms with van der Waals surface area (Å²) in [6.07, 6.45) is 1.10. The zero-order valence-corrected chi connectivity index (χ0v) is 17.6. The van der Waals surface area contributed by atoms with E-state index in [1.165, 1.54) is 0 Å². The average molecular weight is 492 g/mol. The van der Waals surface area contributed by atoms with E-state index in [2.05, 4.69) is 9.47 Å². The van der Waals surface area contributed by atoms with Crippen molar-refractivity contribution in [1.82, 2.24) is 9.80 Å². The van der Waals surface area contributed by atoms with Gasteiger partial charge in [-0.1, -0.05) is 0 Å². The zero-order valence-electron chi connectivity index (χ0n) is 17.6. The van der Waals surface area contributed by atoms with E-state index in [0.717, 1.165) is 9.80 Å². The van der Waals surface area contributed by atoms with Crippen molar-refractivity contribution in [3.8, 4) is 11.5 Å². The molecule has 2 aliphatic heterocycles. The minimum atomic E-state index is -2.03. The van der Waals surface area contributed by atoms with Gasteiger partial charge in [-0.15, -0.1) is 0 Å². The first-order valence-corrected chi connectivity index (χ1v) is 10.2. The number of nitrogens with zero attached hydrogens (tertiary/aromatic N) is 2. The number of likely N-dealkylation sites (tertiary alicyclic amines) is 2. The largest absolute Gasteiger partial charge is 0.480 e. The molecule has 2 heterocycles. The Hall–Kier alpha value is -3.58. The number of carboxylic acids is 2. The molecule has 186 valence electrons. The van der Waals surface area contributed by atoms with Crippen molar-refractivity contribution in [2.24, 2.45) is 0 Å². The lowest BCUT2D eigenvalue weighted by Gasteiger charge is -2.22. The first-order valence-electron chi connectivity index (χ1n) is 10.2. The van der Waals surface area contributed by atoms with E-state index >= 15 is 0 Å². The molecule has 2 aliphatic rings. The monoisotopic (exact) mass is 492 g/mol. The van der Waals surface area contributed by atoms with Gasteiger partial charge in [0.05, 0.1) is 0 Å². The summed E-state index contributed by atoms with van der Waals surface area (Å²) in [4.78, 5) is 48.5. The number of carboxylic acid groups (broad SMARTS) is 2. The van der Waals surface area contributed by atoms with Crippen molar-refractivity contribution in [2.75, 3.05) is 26.3 Å². The molecule has 2 atom stereocenters. The third-order valence-corrected chi connectivity index (χ3v) is 5.58. The molecule has 1 aromatic carbocycles. The van der Waals surface area contributed by atoms with Gasteiger partial charge in [-0.2, -0.15) is 17.6 Å². The number of halogens is 4. The summed E-state index contributed by atoms with van der Waals surface area (Å²) in [7, 11) is 0. The number of carbonyl (C=O) groups is 4. The Labute approximate surface area is 189 Å². The lowest BCUT2D eigenvalue weighted by Crippen LogP contribution is -2.43. The highest BCUT2D eigenvalue weighted by Crippen LogP contribution is 2.35. The number of rotatable bonds is 8. The molecule has 3 rings (SSSR count). The molecule has 0 radical (unpaired) electrons. The average Bonchev–Trinajstić information content (AvgIpc) is 3.47. The normalized spacial score (nSPS) is 19.9. The number of hydrogen-bond acceptors (Lipinski definition) is 6. The Balaban J connectivity index is 1.70. The maximum absolute atomic E-state index is 14.4. The fourth-order valence-corrected chi connectivity index (χ4v) is 3.92. The lowest BCUT2D eigenvalue weighted by atomic mass is 10.2. The Morgan fingerprint density at radius 2 is 1.03 bits per heavy atom. The van der Waals surface area contributed by atoms with Gasteiger partial charge >= 0.3 is 11.9 Å². The van der Waals surface area contributed by atoms with Crippen molar-refractivity contribution >= 4 is 23.8 Å². The number of benzene rings is 1. The SMILES string of the molecule is O=C(O)C1CCCN1C(=O)COc1c(F)c(F)c(OCC(=O)N2CCCC2C(=O)O)c(F)c1F. The molecule has 0 aliphatic carbocycles. The molecular formula is C20H20F4N2O8. The molecule has 0 aromatic heterocycles. The predicted octanol–water partition coefficient (Wildman–Crippen LogP) is 1.15. The molecule has 2 fully saturated rings. The summed E-state index contributed by atoms with van der Waals surface area (Å²) in [5.74, 6) is -15.7. The van der Waals surface area contributed by atoms with Crippen LogP contribution in [0.4, 0.5) is 17.6 Å². The van der Waals surface area contributed by atoms with Gasteiger partial charge in [-0.3, -0.25) is 9.59 Å². The third-order valence-electron chi connectivity index (χ3n) is 5.58. The van der Waals surface area contributed by atoms with Crippen LogP contribution in [0, 0.1) is 23.3 Å². The van der Waals surface area contributed by atoms with E-state index in [1.807, 2.05) is 0 Å². The van der Waals surface area contributed by atoms with E-state index in [4.69, 9.17) is 10.2 Å². The number of amides is 2. The molecule has 1 aromatic rings. The predicted molar refractivity (Wildman–Crippen MR) is 102 cm³/mol. The van der Waals surface area contributed by atoms with Crippen LogP contribution in [-0.4, -0.2) is 82.2 Å². The van der Waals surface area contributed by atoms with Crippen LogP contribution in [0.2, 0.25) is 0 Å². The van der Waals surface area contributed by atoms with Gasteiger partial charge in [0.25, 0.3) is 11.8 Å². The van der Waals surface area contributed by atoms with Crippen molar-refractivity contribution < 1.29 is 56.4 Å². The molecule has 2 N–H and O–H groups in total. The fourth-order valence-electron chi connectivity index (χ4n) is 3.92. The second-order valence-electron chi connectivity index (χ2n) is 7.66. The van der Waals surface area contributed by atoms with E-state index in [1.54, 1.807) is 0 Å². The summed E-state index contributed by atoms with van der Waals surface area (Å²) in [6.45, 7) is -2.04. The Bertz CT molecular complexity index is 913. The standard InChI is InChI=1S/C20H20F4N2O8/c21-13-15(23)18(34-8-12(28)26-6-2-4-10(26)20(31)32)16(24)14(22)17(13)33-7-11(27)25-5-1-3-9(25)19(29)30/h9-10H,1-8H2,(H,29,30)(H,31,32). The highest BCUT2D eigenvalue weighted by Gasteiger charge is 2.36. The number of aliphatic carboxylic acids is 2. The minimum absolute atomic E-state index is 0.0629. The van der Waals surface area contributed by atoms with Gasteiger partial charge in [0.1, 0.15) is 12.1 Å². The lowest BCUT2D eigenvalue weighted by molar-refractivity contribution is -0.149. The van der Waals surface area contributed by atoms with E-state index < -0.39 is 83.8 Å². The number of hydrogen-bond donors (Lipinski definition) is 2. The van der Waals surface area contributed by atoms with Gasteiger partial charge < -0.3 is 29.5 Å². The van der Waals surface area contributed by atoms with Gasteiger partial charge in [0.2, 0.25) is 23.3 Å². The summed E-state index contributed by atoms with van der Waals surface area (Å²) < 4.78 is 66.6. The van der Waals surface area contributed by atoms with Gasteiger partial charge in [0, 0.05) is 13.1 Å². The minimum Gasteiger partial charge on any atom is -0.480 e.